The van der Waals surface area contributed by atoms with Crippen LogP contribution in [0.25, 0.3) is 11.1 Å². The first-order valence-electron chi connectivity index (χ1n) is 5.46. The summed E-state index contributed by atoms with van der Waals surface area (Å²) in [6.45, 7) is 1.91. The summed E-state index contributed by atoms with van der Waals surface area (Å²) < 4.78 is 0. The van der Waals surface area contributed by atoms with Crippen LogP contribution in [0.4, 0.5) is 0 Å². The van der Waals surface area contributed by atoms with Crippen LogP contribution in [0.3, 0.4) is 0 Å². The molecule has 3 heteroatoms. The minimum atomic E-state index is 0.130. The van der Waals surface area contributed by atoms with Crippen molar-refractivity contribution in [2.75, 3.05) is 0 Å². The van der Waals surface area contributed by atoms with Gasteiger partial charge in [0, 0.05) is 5.56 Å². The summed E-state index contributed by atoms with van der Waals surface area (Å²) in [5.41, 5.74) is 2.02. The van der Waals surface area contributed by atoms with Gasteiger partial charge in [0.05, 0.1) is 0 Å². The Morgan fingerprint density at radius 2 is 1.53 bits per heavy atom. The predicted octanol–water partition coefficient (Wildman–Crippen LogP) is 3.03. The van der Waals surface area contributed by atoms with Gasteiger partial charge in [0.1, 0.15) is 17.2 Å². The van der Waals surface area contributed by atoms with E-state index in [4.69, 9.17) is 0 Å². The van der Waals surface area contributed by atoms with Crippen molar-refractivity contribution in [3.63, 3.8) is 0 Å². The SMILES string of the molecule is CCc1cc(O)c(-c2ccc(O)cc2)cc1O. The van der Waals surface area contributed by atoms with Gasteiger partial charge in [0.25, 0.3) is 0 Å². The van der Waals surface area contributed by atoms with E-state index in [1.54, 1.807) is 36.4 Å². The van der Waals surface area contributed by atoms with E-state index >= 15 is 0 Å². The Morgan fingerprint density at radius 3 is 2.12 bits per heavy atom. The molecule has 0 atom stereocenters. The third kappa shape index (κ3) is 2.18. The van der Waals surface area contributed by atoms with Gasteiger partial charge in [-0.2, -0.15) is 0 Å². The van der Waals surface area contributed by atoms with Gasteiger partial charge in [-0.15, -0.1) is 0 Å². The number of hydrogen-bond acceptors (Lipinski definition) is 3. The molecular weight excluding hydrogens is 216 g/mol. The molecule has 0 amide bonds. The normalized spacial score (nSPS) is 10.4. The molecule has 0 fully saturated rings. The molecule has 0 radical (unpaired) electrons. The Balaban J connectivity index is 2.52. The maximum absolute atomic E-state index is 9.90. The van der Waals surface area contributed by atoms with E-state index < -0.39 is 0 Å². The van der Waals surface area contributed by atoms with Crippen molar-refractivity contribution in [2.24, 2.45) is 0 Å². The Labute approximate surface area is 99.6 Å². The lowest BCUT2D eigenvalue weighted by atomic mass is 10.0. The Hall–Kier alpha value is -2.16. The van der Waals surface area contributed by atoms with Crippen LogP contribution in [0.2, 0.25) is 0 Å². The maximum Gasteiger partial charge on any atom is 0.123 e. The quantitative estimate of drug-likeness (QED) is 0.695. The fraction of sp³-hybridized carbons (Fsp3) is 0.143. The van der Waals surface area contributed by atoms with E-state index in [1.165, 1.54) is 0 Å². The molecule has 17 heavy (non-hydrogen) atoms. The Morgan fingerprint density at radius 1 is 0.882 bits per heavy atom. The monoisotopic (exact) mass is 230 g/mol. The minimum absolute atomic E-state index is 0.130. The molecule has 2 aromatic rings. The molecule has 0 saturated carbocycles. The second kappa shape index (κ2) is 4.37. The fourth-order valence-corrected chi connectivity index (χ4v) is 1.78. The molecule has 0 aromatic heterocycles. The highest BCUT2D eigenvalue weighted by Gasteiger charge is 2.09. The average Bonchev–Trinajstić information content (AvgIpc) is 2.33. The van der Waals surface area contributed by atoms with Crippen LogP contribution < -0.4 is 0 Å². The summed E-state index contributed by atoms with van der Waals surface area (Å²) >= 11 is 0. The number of hydrogen-bond donors (Lipinski definition) is 3. The lowest BCUT2D eigenvalue weighted by Gasteiger charge is -2.09. The summed E-state index contributed by atoms with van der Waals surface area (Å²) in [5.74, 6) is 0.473. The van der Waals surface area contributed by atoms with Crippen LogP contribution in [0, 0.1) is 0 Å². The van der Waals surface area contributed by atoms with Gasteiger partial charge >= 0.3 is 0 Å². The zero-order chi connectivity index (χ0) is 12.4. The first kappa shape index (κ1) is 11.3. The van der Waals surface area contributed by atoms with Crippen LogP contribution in [0.5, 0.6) is 17.2 Å². The average molecular weight is 230 g/mol. The van der Waals surface area contributed by atoms with E-state index in [9.17, 15) is 15.3 Å². The molecule has 0 saturated heterocycles. The number of rotatable bonds is 2. The molecule has 0 aliphatic heterocycles. The van der Waals surface area contributed by atoms with Crippen molar-refractivity contribution in [3.05, 3.63) is 42.0 Å². The number of benzene rings is 2. The molecule has 0 aliphatic carbocycles. The maximum atomic E-state index is 9.90. The lowest BCUT2D eigenvalue weighted by molar-refractivity contribution is 0.456. The van der Waals surface area contributed by atoms with Gasteiger partial charge < -0.3 is 15.3 Å². The van der Waals surface area contributed by atoms with E-state index in [0.717, 1.165) is 5.56 Å². The molecule has 3 nitrogen and oxygen atoms in total. The van der Waals surface area contributed by atoms with E-state index in [2.05, 4.69) is 0 Å². The summed E-state index contributed by atoms with van der Waals surface area (Å²) in [7, 11) is 0. The molecule has 0 aliphatic rings. The van der Waals surface area contributed by atoms with Gasteiger partial charge in [0.15, 0.2) is 0 Å². The van der Waals surface area contributed by atoms with Crippen molar-refractivity contribution in [1.29, 1.82) is 0 Å². The molecule has 0 heterocycles. The zero-order valence-corrected chi connectivity index (χ0v) is 9.51. The third-order valence-electron chi connectivity index (χ3n) is 2.76. The molecule has 2 aromatic carbocycles. The molecular formula is C14H14O3. The van der Waals surface area contributed by atoms with Gasteiger partial charge in [0.2, 0.25) is 0 Å². The zero-order valence-electron chi connectivity index (χ0n) is 9.51. The standard InChI is InChI=1S/C14H14O3/c1-2-9-7-14(17)12(8-13(9)16)10-3-5-11(15)6-4-10/h3-8,15-17H,2H2,1H3. The van der Waals surface area contributed by atoms with Crippen molar-refractivity contribution < 1.29 is 15.3 Å². The third-order valence-corrected chi connectivity index (χ3v) is 2.76. The summed E-state index contributed by atoms with van der Waals surface area (Å²) in [4.78, 5) is 0. The highest BCUT2D eigenvalue weighted by Crippen LogP contribution is 2.35. The number of phenols is 3. The van der Waals surface area contributed by atoms with Crippen molar-refractivity contribution in [1.82, 2.24) is 0 Å². The van der Waals surface area contributed by atoms with Crippen LogP contribution in [0.15, 0.2) is 36.4 Å². The Bertz CT molecular complexity index is 530. The van der Waals surface area contributed by atoms with E-state index in [1.807, 2.05) is 6.92 Å². The first-order chi connectivity index (χ1) is 8.11. The Kier molecular flexibility index (Phi) is 2.91. The molecule has 0 spiro atoms. The van der Waals surface area contributed by atoms with Crippen LogP contribution >= 0.6 is 0 Å². The van der Waals surface area contributed by atoms with E-state index in [0.29, 0.717) is 17.5 Å². The highest BCUT2D eigenvalue weighted by molar-refractivity contribution is 5.73. The van der Waals surface area contributed by atoms with Crippen molar-refractivity contribution in [2.45, 2.75) is 13.3 Å². The summed E-state index contributed by atoms with van der Waals surface area (Å²) in [5, 5.41) is 28.9. The molecule has 3 N–H and O–H groups in total. The second-order valence-electron chi connectivity index (χ2n) is 3.90. The van der Waals surface area contributed by atoms with Crippen LogP contribution in [-0.2, 0) is 6.42 Å². The highest BCUT2D eigenvalue weighted by atomic mass is 16.3. The fourth-order valence-electron chi connectivity index (χ4n) is 1.78. The number of phenolic OH excluding ortho intramolecular Hbond substituents is 3. The minimum Gasteiger partial charge on any atom is -0.508 e. The van der Waals surface area contributed by atoms with Gasteiger partial charge in [-0.3, -0.25) is 0 Å². The topological polar surface area (TPSA) is 60.7 Å². The van der Waals surface area contributed by atoms with E-state index in [-0.39, 0.29) is 17.2 Å². The van der Waals surface area contributed by atoms with Crippen LogP contribution in [0.1, 0.15) is 12.5 Å². The number of aryl methyl sites for hydroxylation is 1. The molecule has 88 valence electrons. The lowest BCUT2D eigenvalue weighted by Crippen LogP contribution is -1.85. The number of aromatic hydroxyl groups is 3. The molecule has 0 bridgehead atoms. The first-order valence-corrected chi connectivity index (χ1v) is 5.46. The molecule has 2 rings (SSSR count). The largest absolute Gasteiger partial charge is 0.508 e. The predicted molar refractivity (Wildman–Crippen MR) is 66.3 cm³/mol. The van der Waals surface area contributed by atoms with Crippen LogP contribution in [-0.4, -0.2) is 15.3 Å². The van der Waals surface area contributed by atoms with Gasteiger partial charge in [-0.05, 0) is 41.8 Å². The second-order valence-corrected chi connectivity index (χ2v) is 3.90. The van der Waals surface area contributed by atoms with Crippen molar-refractivity contribution in [3.8, 4) is 28.4 Å². The summed E-state index contributed by atoms with van der Waals surface area (Å²) in [6.07, 6.45) is 0.662. The summed E-state index contributed by atoms with van der Waals surface area (Å²) in [6, 6.07) is 9.57. The van der Waals surface area contributed by atoms with Gasteiger partial charge in [-0.1, -0.05) is 19.1 Å². The van der Waals surface area contributed by atoms with Gasteiger partial charge in [-0.25, -0.2) is 0 Å². The smallest absolute Gasteiger partial charge is 0.123 e. The van der Waals surface area contributed by atoms with Crippen molar-refractivity contribution >= 4 is 0 Å². The molecule has 0 unspecified atom stereocenters.